The molecule has 1 aromatic rings. The maximum Gasteiger partial charge on any atom is 0.163 e. The maximum absolute atomic E-state index is 5.99. The molecule has 0 bridgehead atoms. The largest absolute Gasteiger partial charge is 0.368 e. The Labute approximate surface area is 133 Å². The van der Waals surface area contributed by atoms with Crippen LogP contribution < -0.4 is 0 Å². The van der Waals surface area contributed by atoms with Crippen LogP contribution in [0.15, 0.2) is 6.33 Å². The van der Waals surface area contributed by atoms with Crippen molar-refractivity contribution in [3.63, 3.8) is 0 Å². The van der Waals surface area contributed by atoms with Crippen LogP contribution >= 0.6 is 0 Å². The highest BCUT2D eigenvalue weighted by atomic mass is 16.5. The van der Waals surface area contributed by atoms with E-state index in [1.54, 1.807) is 6.33 Å². The molecule has 2 aliphatic carbocycles. The first kappa shape index (κ1) is 14.6. The standard InChI is InChI=1S/C17H28N4O/c1-17(2)13-7-5-4-6-12(13)15(17)21-8-9-22-14(10-21)16-19-18-11-20(16)3/h11-15H,4-10H2,1-3H3/t12-,13+,14?,15?/m1/s1. The van der Waals surface area contributed by atoms with Crippen LogP contribution in [0.4, 0.5) is 0 Å². The number of hydrogen-bond donors (Lipinski definition) is 0. The molecular weight excluding hydrogens is 276 g/mol. The molecule has 0 spiro atoms. The molecule has 0 N–H and O–H groups in total. The Balaban J connectivity index is 1.52. The molecule has 3 fully saturated rings. The van der Waals surface area contributed by atoms with Gasteiger partial charge < -0.3 is 9.30 Å². The molecule has 2 saturated carbocycles. The molecule has 0 radical (unpaired) electrons. The summed E-state index contributed by atoms with van der Waals surface area (Å²) in [5, 5.41) is 8.27. The van der Waals surface area contributed by atoms with Crippen molar-refractivity contribution in [3.05, 3.63) is 12.2 Å². The summed E-state index contributed by atoms with van der Waals surface area (Å²) < 4.78 is 7.98. The quantitative estimate of drug-likeness (QED) is 0.841. The normalized spacial score (nSPS) is 38.3. The molecule has 3 aliphatic rings. The monoisotopic (exact) mass is 304 g/mol. The lowest BCUT2D eigenvalue weighted by Crippen LogP contribution is -2.67. The first-order valence-corrected chi connectivity index (χ1v) is 8.78. The van der Waals surface area contributed by atoms with E-state index in [-0.39, 0.29) is 6.10 Å². The molecule has 122 valence electrons. The van der Waals surface area contributed by atoms with Crippen molar-refractivity contribution >= 4 is 0 Å². The molecule has 1 aromatic heterocycles. The average Bonchev–Trinajstić information content (AvgIpc) is 2.93. The third-order valence-electron chi connectivity index (χ3n) is 6.47. The van der Waals surface area contributed by atoms with Crippen molar-refractivity contribution in [3.8, 4) is 0 Å². The van der Waals surface area contributed by atoms with Gasteiger partial charge in [-0.3, -0.25) is 4.90 Å². The Kier molecular flexibility index (Phi) is 3.53. The number of aryl methyl sites for hydroxylation is 1. The number of rotatable bonds is 2. The van der Waals surface area contributed by atoms with E-state index in [2.05, 4.69) is 28.9 Å². The van der Waals surface area contributed by atoms with Gasteiger partial charge in [-0.2, -0.15) is 0 Å². The summed E-state index contributed by atoms with van der Waals surface area (Å²) in [7, 11) is 2.00. The topological polar surface area (TPSA) is 43.2 Å². The molecule has 1 saturated heterocycles. The van der Waals surface area contributed by atoms with Gasteiger partial charge in [0.25, 0.3) is 0 Å². The summed E-state index contributed by atoms with van der Waals surface area (Å²) in [5.41, 5.74) is 0.451. The second-order valence-electron chi connectivity index (χ2n) is 7.98. The number of nitrogens with zero attached hydrogens (tertiary/aromatic N) is 4. The third-order valence-corrected chi connectivity index (χ3v) is 6.47. The zero-order chi connectivity index (χ0) is 15.3. The Morgan fingerprint density at radius 3 is 2.86 bits per heavy atom. The molecule has 2 heterocycles. The Morgan fingerprint density at radius 2 is 2.09 bits per heavy atom. The molecule has 22 heavy (non-hydrogen) atoms. The fourth-order valence-electron chi connectivity index (χ4n) is 5.52. The van der Waals surface area contributed by atoms with E-state index in [1.807, 2.05) is 11.6 Å². The van der Waals surface area contributed by atoms with E-state index in [4.69, 9.17) is 4.74 Å². The molecule has 0 aromatic carbocycles. The zero-order valence-electron chi connectivity index (χ0n) is 14.0. The van der Waals surface area contributed by atoms with Crippen molar-refractivity contribution in [2.24, 2.45) is 24.3 Å². The van der Waals surface area contributed by atoms with Gasteiger partial charge >= 0.3 is 0 Å². The summed E-state index contributed by atoms with van der Waals surface area (Å²) in [6.07, 6.45) is 7.55. The van der Waals surface area contributed by atoms with Crippen molar-refractivity contribution in [2.45, 2.75) is 51.7 Å². The van der Waals surface area contributed by atoms with Gasteiger partial charge in [-0.05, 0) is 30.1 Å². The van der Waals surface area contributed by atoms with Gasteiger partial charge in [-0.1, -0.05) is 26.7 Å². The highest BCUT2D eigenvalue weighted by Crippen LogP contribution is 2.59. The third kappa shape index (κ3) is 2.13. The summed E-state index contributed by atoms with van der Waals surface area (Å²) in [6.45, 7) is 7.80. The molecule has 0 amide bonds. The molecule has 4 rings (SSSR count). The van der Waals surface area contributed by atoms with Gasteiger partial charge in [-0.15, -0.1) is 10.2 Å². The molecule has 2 unspecified atom stereocenters. The smallest absolute Gasteiger partial charge is 0.163 e. The van der Waals surface area contributed by atoms with Crippen LogP contribution in [0, 0.1) is 17.3 Å². The summed E-state index contributed by atoms with van der Waals surface area (Å²) in [5.74, 6) is 2.80. The number of ether oxygens (including phenoxy) is 1. The van der Waals surface area contributed by atoms with Crippen molar-refractivity contribution in [2.75, 3.05) is 19.7 Å². The fraction of sp³-hybridized carbons (Fsp3) is 0.882. The Hall–Kier alpha value is -0.940. The minimum absolute atomic E-state index is 0.0692. The van der Waals surface area contributed by atoms with Crippen LogP contribution in [0.2, 0.25) is 0 Å². The highest BCUT2D eigenvalue weighted by Gasteiger charge is 2.58. The van der Waals surface area contributed by atoms with Crippen LogP contribution in [0.3, 0.4) is 0 Å². The van der Waals surface area contributed by atoms with Gasteiger partial charge in [-0.25, -0.2) is 0 Å². The fourth-order valence-corrected chi connectivity index (χ4v) is 5.52. The Bertz CT molecular complexity index is 541. The van der Waals surface area contributed by atoms with Crippen LogP contribution in [-0.2, 0) is 11.8 Å². The van der Waals surface area contributed by atoms with E-state index < -0.39 is 0 Å². The second kappa shape index (κ2) is 5.31. The van der Waals surface area contributed by atoms with Gasteiger partial charge in [0, 0.05) is 26.2 Å². The lowest BCUT2D eigenvalue weighted by Gasteiger charge is -2.65. The van der Waals surface area contributed by atoms with Gasteiger partial charge in [0.2, 0.25) is 0 Å². The lowest BCUT2D eigenvalue weighted by atomic mass is 9.47. The summed E-state index contributed by atoms with van der Waals surface area (Å²) >= 11 is 0. The summed E-state index contributed by atoms with van der Waals surface area (Å²) in [6, 6.07) is 0.720. The van der Waals surface area contributed by atoms with E-state index in [1.165, 1.54) is 25.7 Å². The van der Waals surface area contributed by atoms with Gasteiger partial charge in [0.05, 0.1) is 6.61 Å². The zero-order valence-corrected chi connectivity index (χ0v) is 14.0. The van der Waals surface area contributed by atoms with Crippen LogP contribution in [0.25, 0.3) is 0 Å². The minimum Gasteiger partial charge on any atom is -0.368 e. The van der Waals surface area contributed by atoms with E-state index in [0.29, 0.717) is 5.41 Å². The van der Waals surface area contributed by atoms with Crippen LogP contribution in [0.5, 0.6) is 0 Å². The number of morpholine rings is 1. The van der Waals surface area contributed by atoms with E-state index >= 15 is 0 Å². The maximum atomic E-state index is 5.99. The van der Waals surface area contributed by atoms with Crippen molar-refractivity contribution in [1.82, 2.24) is 19.7 Å². The number of fused-ring (bicyclic) bond motifs is 1. The average molecular weight is 304 g/mol. The first-order chi connectivity index (χ1) is 10.6. The van der Waals surface area contributed by atoms with Crippen molar-refractivity contribution in [1.29, 1.82) is 0 Å². The SMILES string of the molecule is Cn1cnnc1C1CN(C2[C@@H]3CCCC[C@@H]3C2(C)C)CCO1. The lowest BCUT2D eigenvalue weighted by molar-refractivity contribution is -0.173. The van der Waals surface area contributed by atoms with Crippen LogP contribution in [-0.4, -0.2) is 45.4 Å². The predicted molar refractivity (Wildman–Crippen MR) is 84.3 cm³/mol. The molecular formula is C17H28N4O. The Morgan fingerprint density at radius 1 is 1.27 bits per heavy atom. The minimum atomic E-state index is 0.0692. The first-order valence-electron chi connectivity index (χ1n) is 8.78. The predicted octanol–water partition coefficient (Wildman–Crippen LogP) is 2.40. The number of hydrogen-bond acceptors (Lipinski definition) is 4. The van der Waals surface area contributed by atoms with Gasteiger partial charge in [0.1, 0.15) is 12.4 Å². The highest BCUT2D eigenvalue weighted by molar-refractivity contribution is 5.10. The molecule has 1 aliphatic heterocycles. The van der Waals surface area contributed by atoms with E-state index in [0.717, 1.165) is 43.4 Å². The van der Waals surface area contributed by atoms with Crippen LogP contribution in [0.1, 0.15) is 51.5 Å². The molecule has 5 heteroatoms. The molecule has 4 atom stereocenters. The van der Waals surface area contributed by atoms with Gasteiger partial charge in [0.15, 0.2) is 5.82 Å². The molecule has 5 nitrogen and oxygen atoms in total. The van der Waals surface area contributed by atoms with Crippen molar-refractivity contribution < 1.29 is 4.74 Å². The summed E-state index contributed by atoms with van der Waals surface area (Å²) in [4.78, 5) is 2.69. The van der Waals surface area contributed by atoms with E-state index in [9.17, 15) is 0 Å². The second-order valence-corrected chi connectivity index (χ2v) is 7.98. The number of aromatic nitrogens is 3.